The lowest BCUT2D eigenvalue weighted by Crippen LogP contribution is -2.26. The van der Waals surface area contributed by atoms with E-state index in [2.05, 4.69) is 34.0 Å². The van der Waals surface area contributed by atoms with Crippen molar-refractivity contribution < 1.29 is 17.4 Å². The molecule has 1 N–H and O–H groups in total. The maximum absolute atomic E-state index is 10.5. The first-order valence-corrected chi connectivity index (χ1v) is 11.7. The second kappa shape index (κ2) is 8.82. The molecule has 2 aromatic heterocycles. The summed E-state index contributed by atoms with van der Waals surface area (Å²) in [7, 11) is -1.79. The molecular weight excluding hydrogens is 414 g/mol. The van der Waals surface area contributed by atoms with Crippen LogP contribution < -0.4 is 4.90 Å². The van der Waals surface area contributed by atoms with Gasteiger partial charge < -0.3 is 14.2 Å². The molecular formula is C23H27N3O4S. The molecule has 2 aliphatic heterocycles. The van der Waals surface area contributed by atoms with Crippen molar-refractivity contribution in [1.82, 2.24) is 9.88 Å². The highest BCUT2D eigenvalue weighted by atomic mass is 32.2. The van der Waals surface area contributed by atoms with Gasteiger partial charge in [-0.15, -0.1) is 0 Å². The zero-order valence-corrected chi connectivity index (χ0v) is 18.5. The van der Waals surface area contributed by atoms with Crippen LogP contribution in [0, 0.1) is 18.8 Å². The summed E-state index contributed by atoms with van der Waals surface area (Å²) in [6.45, 7) is 6.65. The Morgan fingerprint density at radius 3 is 2.19 bits per heavy atom. The van der Waals surface area contributed by atoms with Crippen LogP contribution >= 0.6 is 0 Å². The van der Waals surface area contributed by atoms with Crippen LogP contribution in [0.5, 0.6) is 0 Å². The summed E-state index contributed by atoms with van der Waals surface area (Å²) in [4.78, 5) is 9.43. The third-order valence-corrected chi connectivity index (χ3v) is 6.79. The smallest absolute Gasteiger partial charge is 0.294 e. The van der Waals surface area contributed by atoms with Crippen molar-refractivity contribution in [2.75, 3.05) is 38.1 Å². The number of pyridine rings is 1. The molecule has 0 amide bonds. The number of hydrogen-bond donors (Lipinski definition) is 1. The molecule has 0 radical (unpaired) electrons. The summed E-state index contributed by atoms with van der Waals surface area (Å²) in [6, 6.07) is 12.2. The fourth-order valence-corrected chi connectivity index (χ4v) is 4.78. The molecule has 2 fully saturated rings. The lowest BCUT2D eigenvalue weighted by molar-refractivity contribution is 0.387. The van der Waals surface area contributed by atoms with Crippen LogP contribution in [-0.2, 0) is 10.1 Å². The molecule has 2 unspecified atom stereocenters. The fourth-order valence-electron chi connectivity index (χ4n) is 4.30. The quantitative estimate of drug-likeness (QED) is 0.622. The van der Waals surface area contributed by atoms with Gasteiger partial charge in [-0.05, 0) is 56.1 Å². The number of benzene rings is 1. The van der Waals surface area contributed by atoms with Crippen LogP contribution in [-0.4, -0.2) is 56.1 Å². The molecule has 8 heteroatoms. The Morgan fingerprint density at radius 2 is 1.68 bits per heavy atom. The first-order valence-electron chi connectivity index (χ1n) is 10.3. The van der Waals surface area contributed by atoms with Crippen LogP contribution in [0.1, 0.15) is 5.56 Å². The highest BCUT2D eigenvalue weighted by Gasteiger charge is 2.38. The van der Waals surface area contributed by atoms with Gasteiger partial charge >= 0.3 is 0 Å². The summed E-state index contributed by atoms with van der Waals surface area (Å²) < 4.78 is 34.7. The molecule has 3 aromatic rings. The number of nitrogens with zero attached hydrogens (tertiary/aromatic N) is 3. The molecule has 4 heterocycles. The number of fused-ring (bicyclic) bond motifs is 1. The van der Waals surface area contributed by atoms with Gasteiger partial charge in [0.1, 0.15) is 0 Å². The van der Waals surface area contributed by atoms with E-state index in [1.54, 1.807) is 24.7 Å². The molecule has 2 atom stereocenters. The number of hydrogen-bond acceptors (Lipinski definition) is 6. The summed E-state index contributed by atoms with van der Waals surface area (Å²) in [5.41, 5.74) is 4.21. The number of furan rings is 1. The summed E-state index contributed by atoms with van der Waals surface area (Å²) in [6.07, 6.45) is 5.41. The molecule has 0 saturated carbocycles. The maximum atomic E-state index is 10.5. The Bertz CT molecular complexity index is 1080. The highest BCUT2D eigenvalue weighted by molar-refractivity contribution is 7.85. The minimum atomic E-state index is -4.02. The van der Waals surface area contributed by atoms with Gasteiger partial charge in [-0.2, -0.15) is 8.42 Å². The number of likely N-dealkylation sites (tertiary alicyclic amines) is 1. The molecule has 31 heavy (non-hydrogen) atoms. The molecule has 164 valence electrons. The minimum absolute atomic E-state index is 0.0666. The van der Waals surface area contributed by atoms with Crippen molar-refractivity contribution in [2.24, 2.45) is 11.8 Å². The van der Waals surface area contributed by atoms with Crippen molar-refractivity contribution in [2.45, 2.75) is 11.8 Å². The Kier molecular flexibility index (Phi) is 6.13. The van der Waals surface area contributed by atoms with Crippen molar-refractivity contribution in [3.05, 3.63) is 66.8 Å². The lowest BCUT2D eigenvalue weighted by atomic mass is 10.0. The lowest BCUT2D eigenvalue weighted by Gasteiger charge is -2.21. The van der Waals surface area contributed by atoms with Crippen molar-refractivity contribution >= 4 is 15.8 Å². The van der Waals surface area contributed by atoms with E-state index in [9.17, 15) is 8.42 Å². The molecule has 2 aliphatic rings. The van der Waals surface area contributed by atoms with E-state index in [4.69, 9.17) is 8.97 Å². The Morgan fingerprint density at radius 1 is 1.00 bits per heavy atom. The third-order valence-electron chi connectivity index (χ3n) is 5.92. The Labute approximate surface area is 183 Å². The average Bonchev–Trinajstić information content (AvgIpc) is 3.45. The second-order valence-electron chi connectivity index (χ2n) is 8.35. The van der Waals surface area contributed by atoms with E-state index < -0.39 is 10.1 Å². The molecule has 5 rings (SSSR count). The average molecular weight is 442 g/mol. The van der Waals surface area contributed by atoms with E-state index in [1.807, 2.05) is 19.2 Å². The summed E-state index contributed by atoms with van der Waals surface area (Å²) >= 11 is 0. The van der Waals surface area contributed by atoms with E-state index >= 15 is 0 Å². The number of aromatic nitrogens is 1. The Hall–Kier alpha value is -2.68. The van der Waals surface area contributed by atoms with Crippen LogP contribution in [0.2, 0.25) is 0 Å². The summed E-state index contributed by atoms with van der Waals surface area (Å²) in [5.74, 6) is 1.65. The third kappa shape index (κ3) is 5.15. The van der Waals surface area contributed by atoms with E-state index in [1.165, 1.54) is 44.0 Å². The van der Waals surface area contributed by atoms with Gasteiger partial charge in [0.15, 0.2) is 0 Å². The van der Waals surface area contributed by atoms with Crippen LogP contribution in [0.3, 0.4) is 0 Å². The highest BCUT2D eigenvalue weighted by Crippen LogP contribution is 2.33. The fraction of sp³-hybridized carbons (Fsp3) is 0.348. The second-order valence-corrected chi connectivity index (χ2v) is 9.77. The van der Waals surface area contributed by atoms with Crippen LogP contribution in [0.15, 0.2) is 70.5 Å². The van der Waals surface area contributed by atoms with Crippen molar-refractivity contribution in [3.8, 4) is 11.3 Å². The van der Waals surface area contributed by atoms with E-state index in [0.717, 1.165) is 28.7 Å². The molecule has 0 spiro atoms. The number of anilines is 1. The zero-order chi connectivity index (χ0) is 22.0. The topological polar surface area (TPSA) is 86.9 Å². The van der Waals surface area contributed by atoms with Gasteiger partial charge in [0.25, 0.3) is 10.1 Å². The zero-order valence-electron chi connectivity index (χ0n) is 17.7. The van der Waals surface area contributed by atoms with Gasteiger partial charge in [-0.1, -0.05) is 17.7 Å². The monoisotopic (exact) mass is 441 g/mol. The standard InChI is InChI=1S/C16H19N3O.C7H8O3S/c1-18-7-13-9-19(10-14(13)8-18)15-2-3-16(17-6-15)12-4-5-20-11-12;1-6-2-4-7(5-3-6)11(8,9)10/h2-6,11,13-14H,7-10H2,1H3;2-5H,1H3,(H,8,9,10). The van der Waals surface area contributed by atoms with Gasteiger partial charge in [-0.3, -0.25) is 9.54 Å². The SMILES string of the molecule is CN1CC2CN(c3ccc(-c4ccoc4)nc3)CC2C1.Cc1ccc(S(=O)(=O)O)cc1. The normalized spacial score (nSPS) is 20.9. The van der Waals surface area contributed by atoms with Crippen LogP contribution in [0.4, 0.5) is 5.69 Å². The Balaban J connectivity index is 0.000000180. The number of aryl methyl sites for hydroxylation is 1. The molecule has 0 bridgehead atoms. The molecule has 0 aliphatic carbocycles. The molecule has 2 saturated heterocycles. The minimum Gasteiger partial charge on any atom is -0.472 e. The largest absolute Gasteiger partial charge is 0.472 e. The predicted molar refractivity (Wildman–Crippen MR) is 120 cm³/mol. The van der Waals surface area contributed by atoms with Crippen LogP contribution in [0.25, 0.3) is 11.3 Å². The van der Waals surface area contributed by atoms with Gasteiger partial charge in [0.05, 0.1) is 35.0 Å². The van der Waals surface area contributed by atoms with E-state index in [-0.39, 0.29) is 4.90 Å². The van der Waals surface area contributed by atoms with Crippen molar-refractivity contribution in [1.29, 1.82) is 0 Å². The first-order chi connectivity index (χ1) is 14.8. The van der Waals surface area contributed by atoms with Gasteiger partial charge in [0, 0.05) is 31.7 Å². The summed E-state index contributed by atoms with van der Waals surface area (Å²) in [5, 5.41) is 0. The molecule has 7 nitrogen and oxygen atoms in total. The first kappa shape index (κ1) is 21.5. The van der Waals surface area contributed by atoms with E-state index in [0.29, 0.717) is 0 Å². The maximum Gasteiger partial charge on any atom is 0.294 e. The predicted octanol–water partition coefficient (Wildman–Crippen LogP) is 3.58. The van der Waals surface area contributed by atoms with Gasteiger partial charge in [-0.25, -0.2) is 0 Å². The van der Waals surface area contributed by atoms with Gasteiger partial charge in [0.2, 0.25) is 0 Å². The molecule has 1 aromatic carbocycles. The number of rotatable bonds is 3. The van der Waals surface area contributed by atoms with Crippen molar-refractivity contribution in [3.63, 3.8) is 0 Å².